The van der Waals surface area contributed by atoms with Crippen LogP contribution < -0.4 is 27.4 Å². The van der Waals surface area contributed by atoms with Crippen LogP contribution in [0.15, 0.2) is 12.5 Å². The van der Waals surface area contributed by atoms with E-state index >= 15 is 0 Å². The van der Waals surface area contributed by atoms with E-state index in [0.717, 1.165) is 0 Å². The van der Waals surface area contributed by atoms with Gasteiger partial charge in [0.05, 0.1) is 12.4 Å². The predicted octanol–water partition coefficient (Wildman–Crippen LogP) is -0.350. The number of hydrogen-bond donors (Lipinski definition) is 7. The zero-order valence-electron chi connectivity index (χ0n) is 21.0. The third-order valence-electron chi connectivity index (χ3n) is 5.48. The first-order chi connectivity index (χ1) is 16.5. The summed E-state index contributed by atoms with van der Waals surface area (Å²) in [5, 5.41) is 17.4. The number of nitrogens with zero attached hydrogens (tertiary/aromatic N) is 1. The maximum Gasteiger partial charge on any atom is 0.326 e. The molecule has 1 aromatic rings. The summed E-state index contributed by atoms with van der Waals surface area (Å²) in [6, 6.07) is -3.89. The molecule has 35 heavy (non-hydrogen) atoms. The number of aliphatic carboxylic acids is 1. The van der Waals surface area contributed by atoms with Crippen molar-refractivity contribution in [3.8, 4) is 0 Å². The maximum absolute atomic E-state index is 13.1. The van der Waals surface area contributed by atoms with Crippen LogP contribution in [0.3, 0.4) is 0 Å². The van der Waals surface area contributed by atoms with Crippen LogP contribution in [0, 0.1) is 11.8 Å². The van der Waals surface area contributed by atoms with Gasteiger partial charge >= 0.3 is 5.97 Å². The maximum atomic E-state index is 13.1. The van der Waals surface area contributed by atoms with Crippen LogP contribution >= 0.6 is 0 Å². The van der Waals surface area contributed by atoms with E-state index in [1.165, 1.54) is 12.5 Å². The molecule has 3 amide bonds. The number of imidazole rings is 1. The Bertz CT molecular complexity index is 813. The molecule has 4 atom stereocenters. The first-order valence-electron chi connectivity index (χ1n) is 12.0. The highest BCUT2D eigenvalue weighted by Gasteiger charge is 2.31. The van der Waals surface area contributed by atoms with Gasteiger partial charge < -0.3 is 37.5 Å². The van der Waals surface area contributed by atoms with Crippen LogP contribution in [0.25, 0.3) is 0 Å². The average Bonchev–Trinajstić information content (AvgIpc) is 3.28. The van der Waals surface area contributed by atoms with Crippen molar-refractivity contribution in [3.05, 3.63) is 18.2 Å². The van der Waals surface area contributed by atoms with Crippen molar-refractivity contribution in [1.29, 1.82) is 0 Å². The zero-order chi connectivity index (χ0) is 26.5. The highest BCUT2D eigenvalue weighted by Crippen LogP contribution is 2.09. The van der Waals surface area contributed by atoms with Gasteiger partial charge in [-0.15, -0.1) is 0 Å². The van der Waals surface area contributed by atoms with E-state index in [0.29, 0.717) is 31.5 Å². The molecular weight excluding hydrogens is 454 g/mol. The number of carboxylic acid groups (broad SMARTS) is 1. The largest absolute Gasteiger partial charge is 0.480 e. The lowest BCUT2D eigenvalue weighted by Gasteiger charge is -2.27. The van der Waals surface area contributed by atoms with Crippen LogP contribution in [-0.2, 0) is 25.6 Å². The third-order valence-corrected chi connectivity index (χ3v) is 5.48. The molecule has 0 aliphatic heterocycles. The van der Waals surface area contributed by atoms with Crippen LogP contribution in [0.1, 0.15) is 59.1 Å². The van der Waals surface area contributed by atoms with Crippen molar-refractivity contribution in [2.24, 2.45) is 23.3 Å². The summed E-state index contributed by atoms with van der Waals surface area (Å²) in [4.78, 5) is 57.0. The first-order valence-corrected chi connectivity index (χ1v) is 12.0. The summed E-state index contributed by atoms with van der Waals surface area (Å²) in [7, 11) is 0. The molecule has 1 rings (SSSR count). The van der Waals surface area contributed by atoms with Crippen LogP contribution in [-0.4, -0.2) is 69.5 Å². The van der Waals surface area contributed by atoms with Crippen molar-refractivity contribution in [2.45, 2.75) is 84.0 Å². The van der Waals surface area contributed by atoms with Gasteiger partial charge in [0.1, 0.15) is 18.1 Å². The molecule has 1 aromatic heterocycles. The minimum Gasteiger partial charge on any atom is -0.480 e. The molecule has 0 radical (unpaired) electrons. The average molecular weight is 496 g/mol. The van der Waals surface area contributed by atoms with Crippen LogP contribution in [0.2, 0.25) is 0 Å². The normalized spacial score (nSPS) is 14.7. The molecule has 198 valence electrons. The van der Waals surface area contributed by atoms with Gasteiger partial charge in [-0.25, -0.2) is 9.78 Å². The highest BCUT2D eigenvalue weighted by molar-refractivity contribution is 5.94. The van der Waals surface area contributed by atoms with E-state index < -0.39 is 47.9 Å². The monoisotopic (exact) mass is 495 g/mol. The summed E-state index contributed by atoms with van der Waals surface area (Å²) in [6.07, 6.45) is 4.80. The van der Waals surface area contributed by atoms with E-state index in [-0.39, 0.29) is 24.7 Å². The molecule has 1 heterocycles. The number of unbranched alkanes of at least 4 members (excludes halogenated alkanes) is 1. The molecule has 0 saturated carbocycles. The Morgan fingerprint density at radius 1 is 1.00 bits per heavy atom. The van der Waals surface area contributed by atoms with Gasteiger partial charge in [0.25, 0.3) is 0 Å². The van der Waals surface area contributed by atoms with Crippen molar-refractivity contribution in [2.75, 3.05) is 6.54 Å². The van der Waals surface area contributed by atoms with Crippen molar-refractivity contribution in [3.63, 3.8) is 0 Å². The Hall–Kier alpha value is -2.99. The minimum atomic E-state index is -1.22. The fourth-order valence-corrected chi connectivity index (χ4v) is 3.52. The van der Waals surface area contributed by atoms with E-state index in [1.807, 2.05) is 13.8 Å². The van der Waals surface area contributed by atoms with Gasteiger partial charge in [-0.2, -0.15) is 0 Å². The van der Waals surface area contributed by atoms with E-state index in [4.69, 9.17) is 11.5 Å². The topological polar surface area (TPSA) is 205 Å². The van der Waals surface area contributed by atoms with E-state index in [9.17, 15) is 24.3 Å². The Kier molecular flexibility index (Phi) is 13.0. The molecule has 0 aliphatic rings. The molecule has 0 spiro atoms. The van der Waals surface area contributed by atoms with Gasteiger partial charge in [-0.3, -0.25) is 14.4 Å². The number of carboxylic acids is 1. The van der Waals surface area contributed by atoms with E-state index in [1.54, 1.807) is 13.8 Å². The predicted molar refractivity (Wildman–Crippen MR) is 131 cm³/mol. The molecule has 0 fully saturated rings. The van der Waals surface area contributed by atoms with Gasteiger partial charge in [-0.05, 0) is 44.1 Å². The quantitative estimate of drug-likeness (QED) is 0.150. The summed E-state index contributed by atoms with van der Waals surface area (Å²) in [5.74, 6) is -2.90. The number of aromatic amines is 1. The van der Waals surface area contributed by atoms with Gasteiger partial charge in [0.2, 0.25) is 17.7 Å². The SMILES string of the molecule is CC(C)CC(N)C(=O)NC(C(=O)NC(CCCCN)C(=O)NC(Cc1cnc[nH]1)C(=O)O)C(C)C. The fraction of sp³-hybridized carbons (Fsp3) is 0.696. The van der Waals surface area contributed by atoms with Gasteiger partial charge in [-0.1, -0.05) is 27.7 Å². The second-order valence-corrected chi connectivity index (χ2v) is 9.49. The first kappa shape index (κ1) is 30.0. The number of hydrogen-bond acceptors (Lipinski definition) is 7. The van der Waals surface area contributed by atoms with Gasteiger partial charge in [0.15, 0.2) is 0 Å². The highest BCUT2D eigenvalue weighted by atomic mass is 16.4. The number of aromatic nitrogens is 2. The van der Waals surface area contributed by atoms with Crippen molar-refractivity contribution < 1.29 is 24.3 Å². The summed E-state index contributed by atoms with van der Waals surface area (Å²) in [5.41, 5.74) is 12.1. The number of carbonyl (C=O) groups is 4. The van der Waals surface area contributed by atoms with Crippen LogP contribution in [0.4, 0.5) is 0 Å². The second kappa shape index (κ2) is 15.1. The lowest BCUT2D eigenvalue weighted by atomic mass is 9.99. The molecular formula is C23H41N7O5. The Morgan fingerprint density at radius 2 is 1.66 bits per heavy atom. The Morgan fingerprint density at radius 3 is 2.17 bits per heavy atom. The third kappa shape index (κ3) is 10.9. The Balaban J connectivity index is 2.94. The summed E-state index contributed by atoms with van der Waals surface area (Å²) in [6.45, 7) is 7.85. The molecule has 0 aliphatic carbocycles. The molecule has 0 saturated heterocycles. The second-order valence-electron chi connectivity index (χ2n) is 9.49. The Labute approximate surface area is 206 Å². The van der Waals surface area contributed by atoms with Crippen molar-refractivity contribution in [1.82, 2.24) is 25.9 Å². The molecule has 12 nitrogen and oxygen atoms in total. The number of amides is 3. The lowest BCUT2D eigenvalue weighted by molar-refractivity contribution is -0.142. The molecule has 9 N–H and O–H groups in total. The number of carbonyl (C=O) groups excluding carboxylic acids is 3. The standard InChI is InChI=1S/C23H41N7O5/c1-13(2)9-16(25)20(31)30-19(14(3)4)22(33)28-17(7-5-6-8-24)21(32)29-18(23(34)35)10-15-11-26-12-27-15/h11-14,16-19H,5-10,24-25H2,1-4H3,(H,26,27)(H,28,33)(H,29,32)(H,30,31)(H,34,35). The van der Waals surface area contributed by atoms with Gasteiger partial charge in [0, 0.05) is 18.3 Å². The fourth-order valence-electron chi connectivity index (χ4n) is 3.52. The number of nitrogens with one attached hydrogen (secondary N) is 4. The van der Waals surface area contributed by atoms with Crippen LogP contribution in [0.5, 0.6) is 0 Å². The number of nitrogens with two attached hydrogens (primary N) is 2. The minimum absolute atomic E-state index is 0.00293. The molecule has 4 unspecified atom stereocenters. The van der Waals surface area contributed by atoms with E-state index in [2.05, 4.69) is 25.9 Å². The number of H-pyrrole nitrogens is 1. The smallest absolute Gasteiger partial charge is 0.326 e. The summed E-state index contributed by atoms with van der Waals surface area (Å²) < 4.78 is 0. The molecule has 12 heteroatoms. The molecule has 0 aromatic carbocycles. The van der Waals surface area contributed by atoms with Crippen molar-refractivity contribution >= 4 is 23.7 Å². The number of rotatable bonds is 16. The summed E-state index contributed by atoms with van der Waals surface area (Å²) >= 11 is 0. The molecule has 0 bridgehead atoms. The zero-order valence-corrected chi connectivity index (χ0v) is 21.0. The lowest BCUT2D eigenvalue weighted by Crippen LogP contribution is -2.58.